The molecule has 1 fully saturated rings. The number of urea groups is 1. The number of carboxylic acids is 1. The molecule has 0 aromatic carbocycles. The van der Waals surface area contributed by atoms with Gasteiger partial charge in [0.2, 0.25) is 5.91 Å². The number of carbonyl (C=O) groups is 3. The molecule has 1 saturated heterocycles. The van der Waals surface area contributed by atoms with Gasteiger partial charge in [0.25, 0.3) is 0 Å². The van der Waals surface area contributed by atoms with Gasteiger partial charge in [-0.25, -0.2) is 4.79 Å². The molecule has 2 unspecified atom stereocenters. The third-order valence-corrected chi connectivity index (χ3v) is 3.08. The summed E-state index contributed by atoms with van der Waals surface area (Å²) in [4.78, 5) is 33.1. The van der Waals surface area contributed by atoms with Crippen molar-refractivity contribution in [2.45, 2.75) is 38.6 Å². The summed E-state index contributed by atoms with van der Waals surface area (Å²) in [6.45, 7) is 3.19. The van der Waals surface area contributed by atoms with E-state index >= 15 is 0 Å². The van der Waals surface area contributed by atoms with E-state index in [2.05, 4.69) is 10.6 Å². The third-order valence-electron chi connectivity index (χ3n) is 3.08. The molecule has 1 heterocycles. The van der Waals surface area contributed by atoms with Crippen LogP contribution in [-0.2, 0) is 14.3 Å². The molecule has 3 N–H and O–H groups in total. The van der Waals surface area contributed by atoms with Crippen molar-refractivity contribution in [2.75, 3.05) is 13.2 Å². The molecule has 108 valence electrons. The second-order valence-corrected chi connectivity index (χ2v) is 4.68. The van der Waals surface area contributed by atoms with Crippen molar-refractivity contribution in [3.63, 3.8) is 0 Å². The van der Waals surface area contributed by atoms with Crippen LogP contribution in [0.4, 0.5) is 4.79 Å². The van der Waals surface area contributed by atoms with Gasteiger partial charge in [0.15, 0.2) is 0 Å². The van der Waals surface area contributed by atoms with E-state index in [4.69, 9.17) is 9.84 Å². The van der Waals surface area contributed by atoms with Gasteiger partial charge in [-0.1, -0.05) is 0 Å². The molecule has 7 nitrogen and oxygen atoms in total. The maximum Gasteiger partial charge on any atom is 0.321 e. The fraction of sp³-hybridized carbons (Fsp3) is 0.750. The number of aliphatic carboxylic acids is 1. The second-order valence-electron chi connectivity index (χ2n) is 4.68. The highest BCUT2D eigenvalue weighted by Gasteiger charge is 2.23. The van der Waals surface area contributed by atoms with Gasteiger partial charge in [-0.2, -0.15) is 0 Å². The zero-order chi connectivity index (χ0) is 14.3. The lowest BCUT2D eigenvalue weighted by Crippen LogP contribution is -2.46. The lowest BCUT2D eigenvalue weighted by Gasteiger charge is -2.19. The Balaban J connectivity index is 2.18. The highest BCUT2D eigenvalue weighted by Crippen LogP contribution is 2.16. The first-order valence-electron chi connectivity index (χ1n) is 6.39. The van der Waals surface area contributed by atoms with E-state index in [9.17, 15) is 14.4 Å². The first kappa shape index (κ1) is 15.4. The minimum absolute atomic E-state index is 0.0284. The number of hydrogen-bond acceptors (Lipinski definition) is 4. The van der Waals surface area contributed by atoms with Crippen molar-refractivity contribution in [3.05, 3.63) is 0 Å². The average molecular weight is 272 g/mol. The summed E-state index contributed by atoms with van der Waals surface area (Å²) < 4.78 is 5.22. The smallest absolute Gasteiger partial charge is 0.321 e. The van der Waals surface area contributed by atoms with E-state index in [0.29, 0.717) is 13.2 Å². The summed E-state index contributed by atoms with van der Waals surface area (Å²) in [5.41, 5.74) is 0. The molecular formula is C12H20N2O5. The highest BCUT2D eigenvalue weighted by molar-refractivity contribution is 5.94. The number of nitrogens with one attached hydrogen (secondary N) is 2. The van der Waals surface area contributed by atoms with E-state index in [0.717, 1.165) is 6.42 Å². The molecule has 1 aliphatic heterocycles. The Morgan fingerprint density at radius 1 is 1.37 bits per heavy atom. The van der Waals surface area contributed by atoms with E-state index in [1.807, 2.05) is 6.92 Å². The molecular weight excluding hydrogens is 252 g/mol. The molecule has 0 saturated carbocycles. The van der Waals surface area contributed by atoms with Crippen molar-refractivity contribution >= 4 is 17.9 Å². The number of ether oxygens (including phenoxy) is 1. The number of hydrogen-bond donors (Lipinski definition) is 3. The molecule has 19 heavy (non-hydrogen) atoms. The van der Waals surface area contributed by atoms with Gasteiger partial charge in [-0.05, 0) is 19.8 Å². The van der Waals surface area contributed by atoms with Gasteiger partial charge < -0.3 is 15.2 Å². The highest BCUT2D eigenvalue weighted by atomic mass is 16.5. The first-order chi connectivity index (χ1) is 8.99. The Labute approximate surface area is 111 Å². The summed E-state index contributed by atoms with van der Waals surface area (Å²) in [6, 6.07) is -0.603. The molecule has 0 aromatic rings. The van der Waals surface area contributed by atoms with Crippen LogP contribution in [0, 0.1) is 5.92 Å². The SMILES string of the molecule is CC(NC(=O)NC(=O)CCCC(=O)O)C1CCOC1. The number of carbonyl (C=O) groups excluding carboxylic acids is 2. The van der Waals surface area contributed by atoms with Crippen LogP contribution in [0.25, 0.3) is 0 Å². The largest absolute Gasteiger partial charge is 0.481 e. The Bertz CT molecular complexity index is 339. The number of imide groups is 1. The van der Waals surface area contributed by atoms with Gasteiger partial charge in [0.05, 0.1) is 6.61 Å². The van der Waals surface area contributed by atoms with Crippen LogP contribution < -0.4 is 10.6 Å². The van der Waals surface area contributed by atoms with Crippen molar-refractivity contribution < 1.29 is 24.2 Å². The Morgan fingerprint density at radius 3 is 2.68 bits per heavy atom. The van der Waals surface area contributed by atoms with Crippen LogP contribution in [0.15, 0.2) is 0 Å². The van der Waals surface area contributed by atoms with Crippen LogP contribution in [0.2, 0.25) is 0 Å². The molecule has 0 aliphatic carbocycles. The van der Waals surface area contributed by atoms with Crippen LogP contribution >= 0.6 is 0 Å². The molecule has 0 bridgehead atoms. The zero-order valence-corrected chi connectivity index (χ0v) is 11.0. The minimum Gasteiger partial charge on any atom is -0.481 e. The number of rotatable bonds is 6. The maximum atomic E-state index is 11.5. The summed E-state index contributed by atoms with van der Waals surface area (Å²) in [5, 5.41) is 13.3. The van der Waals surface area contributed by atoms with Crippen molar-refractivity contribution in [2.24, 2.45) is 5.92 Å². The molecule has 1 rings (SSSR count). The van der Waals surface area contributed by atoms with Crippen LogP contribution in [0.1, 0.15) is 32.6 Å². The van der Waals surface area contributed by atoms with Crippen LogP contribution in [0.3, 0.4) is 0 Å². The summed E-state index contributed by atoms with van der Waals surface area (Å²) >= 11 is 0. The minimum atomic E-state index is -0.952. The Hall–Kier alpha value is -1.63. The topological polar surface area (TPSA) is 105 Å². The van der Waals surface area contributed by atoms with Gasteiger partial charge in [0, 0.05) is 31.4 Å². The second kappa shape index (κ2) is 7.73. The molecule has 0 aromatic heterocycles. The van der Waals surface area contributed by atoms with Gasteiger partial charge in [-0.15, -0.1) is 0 Å². The standard InChI is InChI=1S/C12H20N2O5/c1-8(9-5-6-19-7-9)13-12(18)14-10(15)3-2-4-11(16)17/h8-9H,2-7H2,1H3,(H,16,17)(H2,13,14,15,18). The van der Waals surface area contributed by atoms with Crippen molar-refractivity contribution in [1.82, 2.24) is 10.6 Å². The van der Waals surface area contributed by atoms with E-state index in [-0.39, 0.29) is 31.2 Å². The molecule has 2 atom stereocenters. The fourth-order valence-electron chi connectivity index (χ4n) is 1.90. The number of carboxylic acid groups (broad SMARTS) is 1. The van der Waals surface area contributed by atoms with Gasteiger partial charge >= 0.3 is 12.0 Å². The van der Waals surface area contributed by atoms with E-state index in [1.165, 1.54) is 0 Å². The normalized spacial score (nSPS) is 19.7. The Morgan fingerprint density at radius 2 is 2.11 bits per heavy atom. The van der Waals surface area contributed by atoms with Crippen molar-refractivity contribution in [3.8, 4) is 0 Å². The fourth-order valence-corrected chi connectivity index (χ4v) is 1.90. The summed E-state index contributed by atoms with van der Waals surface area (Å²) in [5.74, 6) is -1.14. The number of amides is 3. The molecule has 0 spiro atoms. The maximum absolute atomic E-state index is 11.5. The lowest BCUT2D eigenvalue weighted by atomic mass is 10.0. The van der Waals surface area contributed by atoms with Crippen LogP contribution in [0.5, 0.6) is 0 Å². The summed E-state index contributed by atoms with van der Waals surface area (Å²) in [7, 11) is 0. The predicted molar refractivity (Wildman–Crippen MR) is 66.5 cm³/mol. The molecule has 3 amide bonds. The zero-order valence-electron chi connectivity index (χ0n) is 11.0. The first-order valence-corrected chi connectivity index (χ1v) is 6.39. The van der Waals surface area contributed by atoms with Crippen LogP contribution in [-0.4, -0.2) is 42.3 Å². The van der Waals surface area contributed by atoms with Crippen molar-refractivity contribution in [1.29, 1.82) is 0 Å². The molecule has 0 radical (unpaired) electrons. The van der Waals surface area contributed by atoms with Gasteiger partial charge in [0.1, 0.15) is 0 Å². The van der Waals surface area contributed by atoms with E-state index in [1.54, 1.807) is 0 Å². The Kier molecular flexibility index (Phi) is 6.27. The molecule has 7 heteroatoms. The average Bonchev–Trinajstić information content (AvgIpc) is 2.81. The lowest BCUT2D eigenvalue weighted by molar-refractivity contribution is -0.137. The van der Waals surface area contributed by atoms with E-state index < -0.39 is 17.9 Å². The monoisotopic (exact) mass is 272 g/mol. The third kappa shape index (κ3) is 6.19. The quantitative estimate of drug-likeness (QED) is 0.652. The molecule has 1 aliphatic rings. The van der Waals surface area contributed by atoms with Gasteiger partial charge in [-0.3, -0.25) is 14.9 Å². The predicted octanol–water partition coefficient (Wildman–Crippen LogP) is 0.492. The summed E-state index contributed by atoms with van der Waals surface area (Å²) in [6.07, 6.45) is 1.07.